The van der Waals surface area contributed by atoms with Gasteiger partial charge in [0.2, 0.25) is 0 Å². The Morgan fingerprint density at radius 3 is 2.30 bits per heavy atom. The Balaban J connectivity index is 3.75. The van der Waals surface area contributed by atoms with Crippen molar-refractivity contribution in [2.45, 2.75) is 33.6 Å². The summed E-state index contributed by atoms with van der Waals surface area (Å²) in [6, 6.07) is 0. The Hall–Kier alpha value is 0.0300. The van der Waals surface area contributed by atoms with E-state index in [1.807, 2.05) is 0 Å². The molecule has 0 aromatic rings. The van der Waals surface area contributed by atoms with Gasteiger partial charge in [0.25, 0.3) is 0 Å². The standard InChI is InChI=1S/C9H17Cl/c1-8(2)9(3,4)6-5-7-10/h1,5-7H2,2-4H3. The summed E-state index contributed by atoms with van der Waals surface area (Å²) in [6.45, 7) is 10.4. The highest BCUT2D eigenvalue weighted by Crippen LogP contribution is 2.29. The molecule has 0 heterocycles. The van der Waals surface area contributed by atoms with E-state index in [1.165, 1.54) is 5.57 Å². The van der Waals surface area contributed by atoms with Gasteiger partial charge in [-0.25, -0.2) is 0 Å². The van der Waals surface area contributed by atoms with E-state index >= 15 is 0 Å². The van der Waals surface area contributed by atoms with Gasteiger partial charge in [-0.05, 0) is 25.2 Å². The Morgan fingerprint density at radius 2 is 2.00 bits per heavy atom. The van der Waals surface area contributed by atoms with E-state index in [0.717, 1.165) is 18.7 Å². The van der Waals surface area contributed by atoms with Crippen molar-refractivity contribution in [3.8, 4) is 0 Å². The number of rotatable bonds is 4. The van der Waals surface area contributed by atoms with Crippen LogP contribution in [0.4, 0.5) is 0 Å². The molecule has 1 heteroatoms. The molecule has 0 aromatic heterocycles. The van der Waals surface area contributed by atoms with E-state index in [0.29, 0.717) is 0 Å². The van der Waals surface area contributed by atoms with Crippen LogP contribution in [0.25, 0.3) is 0 Å². The summed E-state index contributed by atoms with van der Waals surface area (Å²) in [5.74, 6) is 0.761. The summed E-state index contributed by atoms with van der Waals surface area (Å²) in [7, 11) is 0. The van der Waals surface area contributed by atoms with Crippen LogP contribution in [0.1, 0.15) is 33.6 Å². The Bertz CT molecular complexity index is 114. The second kappa shape index (κ2) is 4.02. The fourth-order valence-electron chi connectivity index (χ4n) is 0.722. The molecule has 0 saturated heterocycles. The van der Waals surface area contributed by atoms with Gasteiger partial charge in [-0.3, -0.25) is 0 Å². The zero-order valence-corrected chi connectivity index (χ0v) is 7.96. The molecule has 0 radical (unpaired) electrons. The van der Waals surface area contributed by atoms with E-state index in [-0.39, 0.29) is 5.41 Å². The van der Waals surface area contributed by atoms with Gasteiger partial charge < -0.3 is 0 Å². The van der Waals surface area contributed by atoms with Gasteiger partial charge >= 0.3 is 0 Å². The lowest BCUT2D eigenvalue weighted by atomic mass is 9.82. The van der Waals surface area contributed by atoms with Crippen molar-refractivity contribution >= 4 is 11.6 Å². The van der Waals surface area contributed by atoms with Crippen LogP contribution in [-0.4, -0.2) is 5.88 Å². The molecule has 0 N–H and O–H groups in total. The molecular weight excluding hydrogens is 144 g/mol. The topological polar surface area (TPSA) is 0 Å². The lowest BCUT2D eigenvalue weighted by Gasteiger charge is -2.24. The van der Waals surface area contributed by atoms with Gasteiger partial charge in [-0.15, -0.1) is 11.6 Å². The first kappa shape index (κ1) is 10.0. The molecule has 0 rings (SSSR count). The van der Waals surface area contributed by atoms with E-state index in [9.17, 15) is 0 Å². The molecule has 0 aliphatic heterocycles. The van der Waals surface area contributed by atoms with Crippen LogP contribution < -0.4 is 0 Å². The third-order valence-electron chi connectivity index (χ3n) is 2.09. The van der Waals surface area contributed by atoms with Crippen LogP contribution in [0.15, 0.2) is 12.2 Å². The number of halogens is 1. The third kappa shape index (κ3) is 3.26. The van der Waals surface area contributed by atoms with Crippen LogP contribution in [0, 0.1) is 5.41 Å². The van der Waals surface area contributed by atoms with E-state index in [4.69, 9.17) is 11.6 Å². The molecule has 0 amide bonds. The summed E-state index contributed by atoms with van der Waals surface area (Å²) in [6.07, 6.45) is 2.23. The van der Waals surface area contributed by atoms with Crippen molar-refractivity contribution in [1.82, 2.24) is 0 Å². The molecule has 0 atom stereocenters. The number of allylic oxidation sites excluding steroid dienone is 1. The predicted molar refractivity (Wildman–Crippen MR) is 48.5 cm³/mol. The summed E-state index contributed by atoms with van der Waals surface area (Å²) >= 11 is 5.58. The lowest BCUT2D eigenvalue weighted by Crippen LogP contribution is -2.11. The summed E-state index contributed by atoms with van der Waals surface area (Å²) in [4.78, 5) is 0. The van der Waals surface area contributed by atoms with Crippen LogP contribution in [-0.2, 0) is 0 Å². The SMILES string of the molecule is C=C(C)C(C)(C)CCCCl. The maximum Gasteiger partial charge on any atom is 0.0223 e. The van der Waals surface area contributed by atoms with Crippen molar-refractivity contribution in [2.75, 3.05) is 5.88 Å². The molecule has 0 nitrogen and oxygen atoms in total. The second-order valence-corrected chi connectivity index (χ2v) is 3.83. The van der Waals surface area contributed by atoms with Crippen molar-refractivity contribution in [1.29, 1.82) is 0 Å². The van der Waals surface area contributed by atoms with Gasteiger partial charge in [0, 0.05) is 5.88 Å². The predicted octanol–water partition coefficient (Wildman–Crippen LogP) is 3.61. The van der Waals surface area contributed by atoms with Crippen molar-refractivity contribution in [3.05, 3.63) is 12.2 Å². The zero-order valence-electron chi connectivity index (χ0n) is 7.21. The molecular formula is C9H17Cl. The first-order chi connectivity index (χ1) is 4.50. The molecule has 0 aromatic carbocycles. The molecule has 0 bridgehead atoms. The van der Waals surface area contributed by atoms with Crippen LogP contribution in [0.5, 0.6) is 0 Å². The molecule has 0 unspecified atom stereocenters. The minimum atomic E-state index is 0.273. The van der Waals surface area contributed by atoms with Gasteiger partial charge in [-0.1, -0.05) is 26.0 Å². The van der Waals surface area contributed by atoms with E-state index in [1.54, 1.807) is 0 Å². The molecule has 10 heavy (non-hydrogen) atoms. The Morgan fingerprint density at radius 1 is 1.50 bits per heavy atom. The summed E-state index contributed by atoms with van der Waals surface area (Å²) < 4.78 is 0. The normalized spacial score (nSPS) is 11.6. The lowest BCUT2D eigenvalue weighted by molar-refractivity contribution is 0.405. The maximum atomic E-state index is 5.58. The van der Waals surface area contributed by atoms with Crippen molar-refractivity contribution in [3.63, 3.8) is 0 Å². The Labute approximate surface area is 69.3 Å². The van der Waals surface area contributed by atoms with Crippen LogP contribution in [0.2, 0.25) is 0 Å². The van der Waals surface area contributed by atoms with Gasteiger partial charge in [-0.2, -0.15) is 0 Å². The minimum absolute atomic E-state index is 0.273. The average Bonchev–Trinajstić information content (AvgIpc) is 1.84. The largest absolute Gasteiger partial charge is 0.127 e. The zero-order chi connectivity index (χ0) is 8.20. The third-order valence-corrected chi connectivity index (χ3v) is 2.36. The second-order valence-electron chi connectivity index (χ2n) is 3.46. The van der Waals surface area contributed by atoms with E-state index < -0.39 is 0 Å². The highest BCUT2D eigenvalue weighted by Gasteiger charge is 2.16. The quantitative estimate of drug-likeness (QED) is 0.436. The molecule has 0 spiro atoms. The molecule has 0 aliphatic carbocycles. The van der Waals surface area contributed by atoms with Crippen molar-refractivity contribution in [2.24, 2.45) is 5.41 Å². The number of hydrogen-bond donors (Lipinski definition) is 0. The first-order valence-corrected chi connectivity index (χ1v) is 4.26. The van der Waals surface area contributed by atoms with E-state index in [2.05, 4.69) is 27.4 Å². The highest BCUT2D eigenvalue weighted by molar-refractivity contribution is 6.17. The maximum absolute atomic E-state index is 5.58. The van der Waals surface area contributed by atoms with Gasteiger partial charge in [0.05, 0.1) is 0 Å². The van der Waals surface area contributed by atoms with Gasteiger partial charge in [0.15, 0.2) is 0 Å². The smallest absolute Gasteiger partial charge is 0.0223 e. The van der Waals surface area contributed by atoms with Crippen LogP contribution >= 0.6 is 11.6 Å². The first-order valence-electron chi connectivity index (χ1n) is 3.72. The fraction of sp³-hybridized carbons (Fsp3) is 0.778. The van der Waals surface area contributed by atoms with Gasteiger partial charge in [0.1, 0.15) is 0 Å². The highest BCUT2D eigenvalue weighted by atomic mass is 35.5. The number of alkyl halides is 1. The average molecular weight is 161 g/mol. The number of hydrogen-bond acceptors (Lipinski definition) is 0. The molecule has 0 fully saturated rings. The molecule has 0 aliphatic rings. The monoisotopic (exact) mass is 160 g/mol. The fourth-order valence-corrected chi connectivity index (χ4v) is 0.856. The van der Waals surface area contributed by atoms with Crippen LogP contribution in [0.3, 0.4) is 0 Å². The van der Waals surface area contributed by atoms with Crippen molar-refractivity contribution < 1.29 is 0 Å². The molecule has 60 valence electrons. The molecule has 0 saturated carbocycles. The Kier molecular flexibility index (Phi) is 4.04. The summed E-state index contributed by atoms with van der Waals surface area (Å²) in [5.41, 5.74) is 1.52. The minimum Gasteiger partial charge on any atom is -0.127 e. The summed E-state index contributed by atoms with van der Waals surface area (Å²) in [5, 5.41) is 0.